The van der Waals surface area contributed by atoms with E-state index < -0.39 is 0 Å². The minimum Gasteiger partial charge on any atom is -0.339 e. The molecule has 0 saturated carbocycles. The van der Waals surface area contributed by atoms with Crippen LogP contribution in [0.15, 0.2) is 24.3 Å². The third-order valence-electron chi connectivity index (χ3n) is 5.16. The highest BCUT2D eigenvalue weighted by Gasteiger charge is 2.32. The summed E-state index contributed by atoms with van der Waals surface area (Å²) in [5, 5.41) is 4.16. The SMILES string of the molecule is NCC(=O)N1CCN(C2CC(C(=O)c3ccc(Cl)cc3)CCN2)CC1. The van der Waals surface area contributed by atoms with Crippen LogP contribution in [0.4, 0.5) is 0 Å². The van der Waals surface area contributed by atoms with Crippen LogP contribution in [0.1, 0.15) is 23.2 Å². The maximum atomic E-state index is 12.8. The fourth-order valence-corrected chi connectivity index (χ4v) is 3.80. The van der Waals surface area contributed by atoms with Crippen LogP contribution in [-0.2, 0) is 4.79 Å². The summed E-state index contributed by atoms with van der Waals surface area (Å²) in [5.74, 6) is 0.225. The molecule has 25 heavy (non-hydrogen) atoms. The number of benzene rings is 1. The number of rotatable bonds is 4. The summed E-state index contributed by atoms with van der Waals surface area (Å²) in [7, 11) is 0. The zero-order valence-corrected chi connectivity index (χ0v) is 15.0. The lowest BCUT2D eigenvalue weighted by Crippen LogP contribution is -2.58. The fourth-order valence-electron chi connectivity index (χ4n) is 3.67. The van der Waals surface area contributed by atoms with E-state index in [-0.39, 0.29) is 30.3 Å². The summed E-state index contributed by atoms with van der Waals surface area (Å²) >= 11 is 5.91. The standard InChI is InChI=1S/C18H25ClN4O2/c19-15-3-1-13(2-4-15)18(25)14-5-6-21-16(11-14)22-7-9-23(10-8-22)17(24)12-20/h1-4,14,16,21H,5-12,20H2. The molecule has 0 radical (unpaired) electrons. The second-order valence-corrected chi connectivity index (χ2v) is 7.12. The summed E-state index contributed by atoms with van der Waals surface area (Å²) < 4.78 is 0. The Labute approximate surface area is 153 Å². The van der Waals surface area contributed by atoms with E-state index in [1.807, 2.05) is 4.90 Å². The first kappa shape index (κ1) is 18.3. The Balaban J connectivity index is 1.57. The van der Waals surface area contributed by atoms with Crippen LogP contribution in [0.5, 0.6) is 0 Å². The van der Waals surface area contributed by atoms with Gasteiger partial charge in [-0.25, -0.2) is 0 Å². The van der Waals surface area contributed by atoms with Crippen molar-refractivity contribution in [3.05, 3.63) is 34.9 Å². The molecular weight excluding hydrogens is 340 g/mol. The molecule has 2 aliphatic rings. The molecule has 1 aromatic carbocycles. The number of piperidine rings is 1. The van der Waals surface area contributed by atoms with Crippen molar-refractivity contribution in [2.24, 2.45) is 11.7 Å². The Bertz CT molecular complexity index is 614. The van der Waals surface area contributed by atoms with Crippen LogP contribution in [-0.4, -0.2) is 66.9 Å². The molecular formula is C18H25ClN4O2. The zero-order chi connectivity index (χ0) is 17.8. The Morgan fingerprint density at radius 2 is 1.84 bits per heavy atom. The van der Waals surface area contributed by atoms with Crippen LogP contribution in [0.25, 0.3) is 0 Å². The van der Waals surface area contributed by atoms with Gasteiger partial charge < -0.3 is 16.0 Å². The van der Waals surface area contributed by atoms with Crippen molar-refractivity contribution < 1.29 is 9.59 Å². The number of amides is 1. The minimum absolute atomic E-state index is 0.00652. The number of nitrogens with zero attached hydrogens (tertiary/aromatic N) is 2. The Morgan fingerprint density at radius 3 is 2.48 bits per heavy atom. The van der Waals surface area contributed by atoms with Crippen molar-refractivity contribution in [3.8, 4) is 0 Å². The largest absolute Gasteiger partial charge is 0.339 e. The summed E-state index contributed by atoms with van der Waals surface area (Å²) in [6.45, 7) is 3.92. The van der Waals surface area contributed by atoms with E-state index in [1.54, 1.807) is 24.3 Å². The smallest absolute Gasteiger partial charge is 0.236 e. The molecule has 2 unspecified atom stereocenters. The molecule has 3 rings (SSSR count). The van der Waals surface area contributed by atoms with Crippen molar-refractivity contribution in [1.29, 1.82) is 0 Å². The van der Waals surface area contributed by atoms with E-state index in [2.05, 4.69) is 10.2 Å². The van der Waals surface area contributed by atoms with Crippen LogP contribution in [0, 0.1) is 5.92 Å². The summed E-state index contributed by atoms with van der Waals surface area (Å²) in [6, 6.07) is 7.14. The van der Waals surface area contributed by atoms with Gasteiger partial charge in [-0.15, -0.1) is 0 Å². The van der Waals surface area contributed by atoms with E-state index in [0.717, 1.165) is 38.0 Å². The molecule has 2 atom stereocenters. The molecule has 7 heteroatoms. The lowest BCUT2D eigenvalue weighted by Gasteiger charge is -2.42. The molecule has 0 aliphatic carbocycles. The van der Waals surface area contributed by atoms with Gasteiger partial charge in [0.25, 0.3) is 0 Å². The van der Waals surface area contributed by atoms with Crippen LogP contribution < -0.4 is 11.1 Å². The van der Waals surface area contributed by atoms with E-state index >= 15 is 0 Å². The van der Waals surface area contributed by atoms with Crippen LogP contribution in [0.3, 0.4) is 0 Å². The van der Waals surface area contributed by atoms with E-state index in [1.165, 1.54) is 0 Å². The average molecular weight is 365 g/mol. The lowest BCUT2D eigenvalue weighted by molar-refractivity contribution is -0.131. The maximum Gasteiger partial charge on any atom is 0.236 e. The average Bonchev–Trinajstić information content (AvgIpc) is 2.67. The van der Waals surface area contributed by atoms with E-state index in [0.29, 0.717) is 18.1 Å². The number of ketones is 1. The number of carbonyl (C=O) groups excluding carboxylic acids is 2. The van der Waals surface area contributed by atoms with Crippen LogP contribution in [0.2, 0.25) is 5.02 Å². The van der Waals surface area contributed by atoms with Gasteiger partial charge in [-0.3, -0.25) is 14.5 Å². The normalized spacial score (nSPS) is 25.0. The molecule has 2 aliphatic heterocycles. The van der Waals surface area contributed by atoms with Crippen molar-refractivity contribution in [1.82, 2.24) is 15.1 Å². The highest BCUT2D eigenvalue weighted by atomic mass is 35.5. The third kappa shape index (κ3) is 4.39. The Hall–Kier alpha value is -1.47. The van der Waals surface area contributed by atoms with Gasteiger partial charge in [0.1, 0.15) is 0 Å². The number of carbonyl (C=O) groups is 2. The highest BCUT2D eigenvalue weighted by molar-refractivity contribution is 6.30. The Morgan fingerprint density at radius 1 is 1.16 bits per heavy atom. The molecule has 136 valence electrons. The van der Waals surface area contributed by atoms with Crippen molar-refractivity contribution in [2.75, 3.05) is 39.3 Å². The first-order valence-corrected chi connectivity index (χ1v) is 9.21. The first-order chi connectivity index (χ1) is 12.1. The number of piperazine rings is 1. The minimum atomic E-state index is 0.00652. The van der Waals surface area contributed by atoms with Gasteiger partial charge in [0.15, 0.2) is 5.78 Å². The summed E-state index contributed by atoms with van der Waals surface area (Å²) in [6.07, 6.45) is 1.83. The zero-order valence-electron chi connectivity index (χ0n) is 14.3. The molecule has 1 aromatic rings. The van der Waals surface area contributed by atoms with Gasteiger partial charge in [0.2, 0.25) is 5.91 Å². The van der Waals surface area contributed by atoms with Gasteiger partial charge >= 0.3 is 0 Å². The van der Waals surface area contributed by atoms with E-state index in [4.69, 9.17) is 17.3 Å². The van der Waals surface area contributed by atoms with Gasteiger partial charge in [-0.05, 0) is 43.7 Å². The van der Waals surface area contributed by atoms with Gasteiger partial charge in [-0.1, -0.05) is 11.6 Å². The first-order valence-electron chi connectivity index (χ1n) is 8.83. The molecule has 1 amide bonds. The second-order valence-electron chi connectivity index (χ2n) is 6.68. The molecule has 0 aromatic heterocycles. The molecule has 0 bridgehead atoms. The maximum absolute atomic E-state index is 12.8. The number of halogens is 1. The van der Waals surface area contributed by atoms with Crippen molar-refractivity contribution in [3.63, 3.8) is 0 Å². The van der Waals surface area contributed by atoms with Gasteiger partial charge in [-0.2, -0.15) is 0 Å². The Kier molecular flexibility index (Phi) is 6.06. The molecule has 3 N–H and O–H groups in total. The number of nitrogens with two attached hydrogens (primary N) is 1. The van der Waals surface area contributed by atoms with Gasteiger partial charge in [0.05, 0.1) is 12.7 Å². The summed E-state index contributed by atoms with van der Waals surface area (Å²) in [5.41, 5.74) is 6.16. The lowest BCUT2D eigenvalue weighted by atomic mass is 9.87. The highest BCUT2D eigenvalue weighted by Crippen LogP contribution is 2.24. The van der Waals surface area contributed by atoms with Crippen LogP contribution >= 0.6 is 11.6 Å². The molecule has 2 fully saturated rings. The van der Waals surface area contributed by atoms with Crippen molar-refractivity contribution >= 4 is 23.3 Å². The predicted molar refractivity (Wildman–Crippen MR) is 97.5 cm³/mol. The number of Topliss-reactive ketones (excluding diaryl/α,β-unsaturated/α-hetero) is 1. The second kappa shape index (κ2) is 8.27. The van der Waals surface area contributed by atoms with Gasteiger partial charge in [0, 0.05) is 42.7 Å². The molecule has 0 spiro atoms. The monoisotopic (exact) mass is 364 g/mol. The molecule has 2 saturated heterocycles. The quantitative estimate of drug-likeness (QED) is 0.778. The predicted octanol–water partition coefficient (Wildman–Crippen LogP) is 0.951. The fraction of sp³-hybridized carbons (Fsp3) is 0.556. The molecule has 6 nitrogen and oxygen atoms in total. The number of hydrogen-bond acceptors (Lipinski definition) is 5. The topological polar surface area (TPSA) is 78.7 Å². The number of hydrogen-bond donors (Lipinski definition) is 2. The van der Waals surface area contributed by atoms with E-state index in [9.17, 15) is 9.59 Å². The number of nitrogens with one attached hydrogen (secondary N) is 1. The summed E-state index contributed by atoms with van der Waals surface area (Å²) in [4.78, 5) is 28.6. The van der Waals surface area contributed by atoms with Crippen molar-refractivity contribution in [2.45, 2.75) is 19.0 Å². The third-order valence-corrected chi connectivity index (χ3v) is 5.41. The molecule has 2 heterocycles.